The number of halogens is 2. The van der Waals surface area contributed by atoms with Gasteiger partial charge in [0.25, 0.3) is 5.91 Å². The topological polar surface area (TPSA) is 51.2 Å². The van der Waals surface area contributed by atoms with E-state index < -0.39 is 11.6 Å². The van der Waals surface area contributed by atoms with Crippen LogP contribution in [0.5, 0.6) is 5.75 Å². The standard InChI is InChI=1S/C18H22F2N2O2S/c1-10(9-24-14-7-6-12(19)8-13(14)20)21-16(23)15-11(2)22-17(25-15)18(3,4)5/h6-8,10H,9H2,1-5H3,(H,21,23). The van der Waals surface area contributed by atoms with Crippen molar-refractivity contribution in [1.29, 1.82) is 0 Å². The molecule has 1 heterocycles. The van der Waals surface area contributed by atoms with Gasteiger partial charge in [0.05, 0.1) is 16.7 Å². The molecule has 7 heteroatoms. The average Bonchev–Trinajstić information content (AvgIpc) is 2.88. The lowest BCUT2D eigenvalue weighted by atomic mass is 9.98. The van der Waals surface area contributed by atoms with E-state index >= 15 is 0 Å². The number of benzene rings is 1. The number of aromatic nitrogens is 1. The summed E-state index contributed by atoms with van der Waals surface area (Å²) < 4.78 is 31.7. The summed E-state index contributed by atoms with van der Waals surface area (Å²) in [4.78, 5) is 17.4. The molecule has 0 fully saturated rings. The van der Waals surface area contributed by atoms with Gasteiger partial charge in [0.2, 0.25) is 0 Å². The highest BCUT2D eigenvalue weighted by Gasteiger charge is 2.23. The number of hydrogen-bond donors (Lipinski definition) is 1. The Balaban J connectivity index is 1.97. The Morgan fingerprint density at radius 1 is 1.36 bits per heavy atom. The van der Waals surface area contributed by atoms with E-state index in [1.165, 1.54) is 17.4 Å². The molecule has 4 nitrogen and oxygen atoms in total. The maximum Gasteiger partial charge on any atom is 0.263 e. The predicted octanol–water partition coefficient (Wildman–Crippen LogP) is 4.22. The van der Waals surface area contributed by atoms with E-state index in [0.29, 0.717) is 10.6 Å². The lowest BCUT2D eigenvalue weighted by Gasteiger charge is -2.15. The lowest BCUT2D eigenvalue weighted by molar-refractivity contribution is 0.0929. The second-order valence-corrected chi connectivity index (χ2v) is 7.94. The Bertz CT molecular complexity index is 769. The first-order valence-corrected chi connectivity index (χ1v) is 8.76. The first-order valence-electron chi connectivity index (χ1n) is 7.94. The third-order valence-electron chi connectivity index (χ3n) is 3.40. The Hall–Kier alpha value is -2.02. The molecule has 0 aliphatic rings. The van der Waals surface area contributed by atoms with Gasteiger partial charge in [0.1, 0.15) is 17.3 Å². The van der Waals surface area contributed by atoms with E-state index in [9.17, 15) is 13.6 Å². The van der Waals surface area contributed by atoms with E-state index in [-0.39, 0.29) is 29.7 Å². The smallest absolute Gasteiger partial charge is 0.263 e. The summed E-state index contributed by atoms with van der Waals surface area (Å²) in [6.45, 7) is 9.75. The van der Waals surface area contributed by atoms with Crippen molar-refractivity contribution < 1.29 is 18.3 Å². The summed E-state index contributed by atoms with van der Waals surface area (Å²) in [7, 11) is 0. The lowest BCUT2D eigenvalue weighted by Crippen LogP contribution is -2.36. The van der Waals surface area contributed by atoms with Crippen LogP contribution in [0.4, 0.5) is 8.78 Å². The second kappa shape index (κ2) is 7.47. The maximum absolute atomic E-state index is 13.5. The Morgan fingerprint density at radius 3 is 2.60 bits per heavy atom. The monoisotopic (exact) mass is 368 g/mol. The van der Waals surface area contributed by atoms with Gasteiger partial charge in [-0.3, -0.25) is 4.79 Å². The molecule has 1 N–H and O–H groups in total. The Morgan fingerprint density at radius 2 is 2.04 bits per heavy atom. The third-order valence-corrected chi connectivity index (χ3v) is 4.99. The molecule has 1 atom stereocenters. The van der Waals surface area contributed by atoms with Crippen molar-refractivity contribution in [3.63, 3.8) is 0 Å². The van der Waals surface area contributed by atoms with E-state index in [1.54, 1.807) is 13.8 Å². The number of carbonyl (C=O) groups excluding carboxylic acids is 1. The predicted molar refractivity (Wildman–Crippen MR) is 94.3 cm³/mol. The van der Waals surface area contributed by atoms with E-state index in [2.05, 4.69) is 10.3 Å². The minimum atomic E-state index is -0.772. The second-order valence-electron chi connectivity index (χ2n) is 6.94. The fraction of sp³-hybridized carbons (Fsp3) is 0.444. The molecule has 25 heavy (non-hydrogen) atoms. The fourth-order valence-corrected chi connectivity index (χ4v) is 3.09. The van der Waals surface area contributed by atoms with E-state index in [0.717, 1.165) is 17.1 Å². The third kappa shape index (κ3) is 4.98. The average molecular weight is 368 g/mol. The summed E-state index contributed by atoms with van der Waals surface area (Å²) in [6.07, 6.45) is 0. The first kappa shape index (κ1) is 19.3. The highest BCUT2D eigenvalue weighted by Crippen LogP contribution is 2.29. The molecule has 1 aromatic heterocycles. The van der Waals surface area contributed by atoms with Crippen LogP contribution in [0.1, 0.15) is 48.1 Å². The quantitative estimate of drug-likeness (QED) is 0.859. The highest BCUT2D eigenvalue weighted by atomic mass is 32.1. The van der Waals surface area contributed by atoms with Gasteiger partial charge in [-0.15, -0.1) is 11.3 Å². The minimum Gasteiger partial charge on any atom is -0.488 e. The summed E-state index contributed by atoms with van der Waals surface area (Å²) in [6, 6.07) is 2.75. The van der Waals surface area contributed by atoms with E-state index in [1.807, 2.05) is 20.8 Å². The molecule has 1 aromatic carbocycles. The maximum atomic E-state index is 13.5. The zero-order chi connectivity index (χ0) is 18.8. The zero-order valence-electron chi connectivity index (χ0n) is 14.9. The van der Waals surface area contributed by atoms with Crippen LogP contribution in [0.3, 0.4) is 0 Å². The van der Waals surface area contributed by atoms with Crippen molar-refractivity contribution in [3.8, 4) is 5.75 Å². The molecule has 0 saturated carbocycles. The van der Waals surface area contributed by atoms with Crippen molar-refractivity contribution >= 4 is 17.2 Å². The van der Waals surface area contributed by atoms with Gasteiger partial charge in [-0.1, -0.05) is 20.8 Å². The Kier molecular flexibility index (Phi) is 5.77. The van der Waals surface area contributed by atoms with E-state index in [4.69, 9.17) is 4.74 Å². The van der Waals surface area contributed by atoms with Gasteiger partial charge in [-0.2, -0.15) is 0 Å². The molecule has 1 amide bonds. The van der Waals surface area contributed by atoms with Crippen LogP contribution in [0, 0.1) is 18.6 Å². The molecule has 0 aliphatic heterocycles. The zero-order valence-corrected chi connectivity index (χ0v) is 15.8. The largest absolute Gasteiger partial charge is 0.488 e. The fourth-order valence-electron chi connectivity index (χ4n) is 2.07. The molecule has 0 radical (unpaired) electrons. The van der Waals surface area contributed by atoms with Crippen LogP contribution in [-0.2, 0) is 5.41 Å². The molecule has 2 rings (SSSR count). The van der Waals surface area contributed by atoms with Crippen LogP contribution in [0.2, 0.25) is 0 Å². The van der Waals surface area contributed by atoms with Crippen molar-refractivity contribution in [3.05, 3.63) is 45.4 Å². The van der Waals surface area contributed by atoms with Gasteiger partial charge in [0, 0.05) is 11.5 Å². The van der Waals surface area contributed by atoms with Gasteiger partial charge in [-0.05, 0) is 26.0 Å². The number of carbonyl (C=O) groups is 1. The van der Waals surface area contributed by atoms with Gasteiger partial charge < -0.3 is 10.1 Å². The van der Waals surface area contributed by atoms with Crippen LogP contribution in [0.25, 0.3) is 0 Å². The van der Waals surface area contributed by atoms with Crippen LogP contribution < -0.4 is 10.1 Å². The van der Waals surface area contributed by atoms with Crippen LogP contribution >= 0.6 is 11.3 Å². The number of rotatable bonds is 5. The first-order chi connectivity index (χ1) is 11.6. The molecule has 0 aliphatic carbocycles. The number of aryl methyl sites for hydroxylation is 1. The molecular formula is C18H22F2N2O2S. The molecule has 136 valence electrons. The van der Waals surface area contributed by atoms with Gasteiger partial charge in [0.15, 0.2) is 11.6 Å². The number of thiazole rings is 1. The SMILES string of the molecule is Cc1nc(C(C)(C)C)sc1C(=O)NC(C)COc1ccc(F)cc1F. The molecular weight excluding hydrogens is 346 g/mol. The van der Waals surface area contributed by atoms with Crippen molar-refractivity contribution in [2.75, 3.05) is 6.61 Å². The number of nitrogens with zero attached hydrogens (tertiary/aromatic N) is 1. The summed E-state index contributed by atoms with van der Waals surface area (Å²) in [5.41, 5.74) is 0.563. The highest BCUT2D eigenvalue weighted by molar-refractivity contribution is 7.14. The van der Waals surface area contributed by atoms with Gasteiger partial charge >= 0.3 is 0 Å². The van der Waals surface area contributed by atoms with Gasteiger partial charge in [-0.25, -0.2) is 13.8 Å². The molecule has 0 bridgehead atoms. The number of hydrogen-bond acceptors (Lipinski definition) is 4. The molecule has 2 aromatic rings. The van der Waals surface area contributed by atoms with Crippen molar-refractivity contribution in [2.45, 2.75) is 46.1 Å². The summed E-state index contributed by atoms with van der Waals surface area (Å²) in [5.74, 6) is -1.72. The molecule has 1 unspecified atom stereocenters. The van der Waals surface area contributed by atoms with Crippen molar-refractivity contribution in [2.24, 2.45) is 0 Å². The Labute approximate surface area is 150 Å². The summed E-state index contributed by atoms with van der Waals surface area (Å²) in [5, 5.41) is 3.71. The number of nitrogens with one attached hydrogen (secondary N) is 1. The minimum absolute atomic E-state index is 0.0495. The van der Waals surface area contributed by atoms with Crippen LogP contribution in [0.15, 0.2) is 18.2 Å². The normalized spacial score (nSPS) is 12.8. The van der Waals surface area contributed by atoms with Crippen LogP contribution in [-0.4, -0.2) is 23.5 Å². The number of amides is 1. The molecule has 0 spiro atoms. The van der Waals surface area contributed by atoms with Crippen molar-refractivity contribution in [1.82, 2.24) is 10.3 Å². The number of ether oxygens (including phenoxy) is 1. The summed E-state index contributed by atoms with van der Waals surface area (Å²) >= 11 is 1.37. The molecule has 0 saturated heterocycles.